The number of nitrogens with zero attached hydrogens (tertiary/aromatic N) is 1. The van der Waals surface area contributed by atoms with E-state index in [1.165, 1.54) is 6.08 Å². The average molecular weight is 361 g/mol. The molecule has 24 heavy (non-hydrogen) atoms. The van der Waals surface area contributed by atoms with Gasteiger partial charge in [-0.1, -0.05) is 29.3 Å². The van der Waals surface area contributed by atoms with Crippen molar-refractivity contribution in [2.24, 2.45) is 0 Å². The lowest BCUT2D eigenvalue weighted by Crippen LogP contribution is -2.13. The molecule has 6 heteroatoms. The van der Waals surface area contributed by atoms with Crippen LogP contribution in [0.25, 0.3) is 6.08 Å². The van der Waals surface area contributed by atoms with Gasteiger partial charge in [0.15, 0.2) is 0 Å². The number of nitriles is 1. The summed E-state index contributed by atoms with van der Waals surface area (Å²) in [7, 11) is 0. The van der Waals surface area contributed by atoms with Crippen LogP contribution in [0.15, 0.2) is 48.0 Å². The molecule has 2 aromatic rings. The van der Waals surface area contributed by atoms with Gasteiger partial charge >= 0.3 is 0 Å². The number of carbonyl (C=O) groups excluding carboxylic acids is 1. The summed E-state index contributed by atoms with van der Waals surface area (Å²) in [6.45, 7) is 2.45. The zero-order chi connectivity index (χ0) is 17.5. The second kappa shape index (κ2) is 8.39. The molecule has 0 bridgehead atoms. The second-order valence-electron chi connectivity index (χ2n) is 4.75. The van der Waals surface area contributed by atoms with Crippen LogP contribution in [-0.4, -0.2) is 12.5 Å². The van der Waals surface area contributed by atoms with E-state index in [0.29, 0.717) is 33.7 Å². The summed E-state index contributed by atoms with van der Waals surface area (Å²) >= 11 is 11.9. The van der Waals surface area contributed by atoms with Gasteiger partial charge in [0, 0.05) is 15.7 Å². The third-order valence-corrected chi connectivity index (χ3v) is 3.61. The number of rotatable bonds is 5. The standard InChI is InChI=1S/C18H14Cl2N2O2/c1-2-24-16-7-5-15(6-8-16)22-18(23)13(11-21)9-12-3-4-14(19)10-17(12)20/h3-10H,2H2,1H3,(H,22,23)/b13-9-. The van der Waals surface area contributed by atoms with E-state index in [1.54, 1.807) is 42.5 Å². The lowest BCUT2D eigenvalue weighted by molar-refractivity contribution is -0.112. The van der Waals surface area contributed by atoms with Gasteiger partial charge in [-0.05, 0) is 55.0 Å². The Kier molecular flexibility index (Phi) is 6.25. The van der Waals surface area contributed by atoms with Crippen molar-refractivity contribution in [3.8, 4) is 11.8 Å². The Hall–Kier alpha value is -2.48. The average Bonchev–Trinajstić information content (AvgIpc) is 2.56. The summed E-state index contributed by atoms with van der Waals surface area (Å²) in [6, 6.07) is 13.6. The molecule has 0 atom stereocenters. The highest BCUT2D eigenvalue weighted by molar-refractivity contribution is 6.35. The molecule has 0 spiro atoms. The first kappa shape index (κ1) is 17.9. The van der Waals surface area contributed by atoms with E-state index < -0.39 is 5.91 Å². The zero-order valence-corrected chi connectivity index (χ0v) is 14.4. The second-order valence-corrected chi connectivity index (χ2v) is 5.59. The molecular formula is C18H14Cl2N2O2. The molecule has 0 radical (unpaired) electrons. The maximum Gasteiger partial charge on any atom is 0.266 e. The van der Waals surface area contributed by atoms with E-state index in [-0.39, 0.29) is 5.57 Å². The third kappa shape index (κ3) is 4.76. The summed E-state index contributed by atoms with van der Waals surface area (Å²) in [5.41, 5.74) is 1.04. The van der Waals surface area contributed by atoms with Crippen LogP contribution in [0.4, 0.5) is 5.69 Å². The molecule has 4 nitrogen and oxygen atoms in total. The summed E-state index contributed by atoms with van der Waals surface area (Å²) in [5.74, 6) is 0.187. The van der Waals surface area contributed by atoms with Crippen LogP contribution in [0, 0.1) is 11.3 Å². The molecule has 2 rings (SSSR count). The van der Waals surface area contributed by atoms with Gasteiger partial charge in [0.1, 0.15) is 17.4 Å². The Labute approximate surface area is 150 Å². The number of amides is 1. The largest absolute Gasteiger partial charge is 0.494 e. The first-order chi connectivity index (χ1) is 11.5. The molecule has 0 fully saturated rings. The minimum absolute atomic E-state index is 0.0619. The van der Waals surface area contributed by atoms with Crippen molar-refractivity contribution in [2.75, 3.05) is 11.9 Å². The fraction of sp³-hybridized carbons (Fsp3) is 0.111. The first-order valence-corrected chi connectivity index (χ1v) is 7.90. The summed E-state index contributed by atoms with van der Waals surface area (Å²) in [4.78, 5) is 12.2. The van der Waals surface area contributed by atoms with Gasteiger partial charge in [-0.15, -0.1) is 0 Å². The minimum atomic E-state index is -0.521. The Bertz CT molecular complexity index is 809. The molecule has 2 aromatic carbocycles. The fourth-order valence-corrected chi connectivity index (χ4v) is 2.39. The van der Waals surface area contributed by atoms with Crippen LogP contribution in [0.3, 0.4) is 0 Å². The normalized spacial score (nSPS) is 10.8. The number of carbonyl (C=O) groups is 1. The predicted octanol–water partition coefficient (Wildman–Crippen LogP) is 4.94. The lowest BCUT2D eigenvalue weighted by atomic mass is 10.1. The maximum atomic E-state index is 12.2. The van der Waals surface area contributed by atoms with Crippen molar-refractivity contribution in [2.45, 2.75) is 6.92 Å². The number of benzene rings is 2. The third-order valence-electron chi connectivity index (χ3n) is 3.05. The van der Waals surface area contributed by atoms with Crippen molar-refractivity contribution >= 4 is 40.9 Å². The van der Waals surface area contributed by atoms with Gasteiger partial charge in [-0.25, -0.2) is 0 Å². The van der Waals surface area contributed by atoms with Crippen LogP contribution in [0.5, 0.6) is 5.75 Å². The summed E-state index contributed by atoms with van der Waals surface area (Å²) < 4.78 is 5.33. The number of halogens is 2. The van der Waals surface area contributed by atoms with Crippen LogP contribution in [-0.2, 0) is 4.79 Å². The molecule has 1 N–H and O–H groups in total. The molecular weight excluding hydrogens is 347 g/mol. The SMILES string of the molecule is CCOc1ccc(NC(=O)/C(C#N)=C\c2ccc(Cl)cc2Cl)cc1. The molecule has 0 heterocycles. The molecule has 0 aliphatic heterocycles. The van der Waals surface area contributed by atoms with Crippen LogP contribution >= 0.6 is 23.2 Å². The Morgan fingerprint density at radius 1 is 1.25 bits per heavy atom. The molecule has 0 aromatic heterocycles. The van der Waals surface area contributed by atoms with Crippen LogP contribution in [0.1, 0.15) is 12.5 Å². The summed E-state index contributed by atoms with van der Waals surface area (Å²) in [5, 5.41) is 12.7. The fourth-order valence-electron chi connectivity index (χ4n) is 1.92. The molecule has 122 valence electrons. The van der Waals surface area contributed by atoms with E-state index in [2.05, 4.69) is 5.32 Å². The Balaban J connectivity index is 2.16. The van der Waals surface area contributed by atoms with Gasteiger partial charge in [-0.2, -0.15) is 5.26 Å². The lowest BCUT2D eigenvalue weighted by Gasteiger charge is -2.07. The van der Waals surface area contributed by atoms with Gasteiger partial charge in [0.25, 0.3) is 5.91 Å². The maximum absolute atomic E-state index is 12.2. The van der Waals surface area contributed by atoms with Gasteiger partial charge in [0.2, 0.25) is 0 Å². The Morgan fingerprint density at radius 3 is 2.54 bits per heavy atom. The first-order valence-electron chi connectivity index (χ1n) is 7.14. The molecule has 0 aliphatic carbocycles. The molecule has 0 saturated carbocycles. The van der Waals surface area contributed by atoms with E-state index >= 15 is 0 Å². The highest BCUT2D eigenvalue weighted by Gasteiger charge is 2.11. The highest BCUT2D eigenvalue weighted by atomic mass is 35.5. The van der Waals surface area contributed by atoms with E-state index in [4.69, 9.17) is 27.9 Å². The van der Waals surface area contributed by atoms with Crippen molar-refractivity contribution in [1.29, 1.82) is 5.26 Å². The van der Waals surface area contributed by atoms with E-state index in [9.17, 15) is 10.1 Å². The predicted molar refractivity (Wildman–Crippen MR) is 96.3 cm³/mol. The Morgan fingerprint density at radius 2 is 1.96 bits per heavy atom. The quantitative estimate of drug-likeness (QED) is 0.606. The number of nitrogens with one attached hydrogen (secondary N) is 1. The minimum Gasteiger partial charge on any atom is -0.494 e. The smallest absolute Gasteiger partial charge is 0.266 e. The van der Waals surface area contributed by atoms with Gasteiger partial charge in [0.05, 0.1) is 6.61 Å². The van der Waals surface area contributed by atoms with Crippen LogP contribution in [0.2, 0.25) is 10.0 Å². The molecule has 0 aliphatic rings. The van der Waals surface area contributed by atoms with Crippen molar-refractivity contribution in [1.82, 2.24) is 0 Å². The highest BCUT2D eigenvalue weighted by Crippen LogP contribution is 2.23. The number of anilines is 1. The van der Waals surface area contributed by atoms with Crippen molar-refractivity contribution in [3.63, 3.8) is 0 Å². The van der Waals surface area contributed by atoms with Gasteiger partial charge in [-0.3, -0.25) is 4.79 Å². The van der Waals surface area contributed by atoms with Gasteiger partial charge < -0.3 is 10.1 Å². The monoisotopic (exact) mass is 360 g/mol. The summed E-state index contributed by atoms with van der Waals surface area (Å²) in [6.07, 6.45) is 1.42. The number of hydrogen-bond donors (Lipinski definition) is 1. The topological polar surface area (TPSA) is 62.1 Å². The van der Waals surface area contributed by atoms with Crippen LogP contribution < -0.4 is 10.1 Å². The van der Waals surface area contributed by atoms with E-state index in [0.717, 1.165) is 0 Å². The van der Waals surface area contributed by atoms with E-state index in [1.807, 2.05) is 13.0 Å². The molecule has 0 saturated heterocycles. The zero-order valence-electron chi connectivity index (χ0n) is 12.8. The number of hydrogen-bond acceptors (Lipinski definition) is 3. The molecule has 1 amide bonds. The van der Waals surface area contributed by atoms with Crippen molar-refractivity contribution in [3.05, 3.63) is 63.6 Å². The number of ether oxygens (including phenoxy) is 1. The molecule has 0 unspecified atom stereocenters. The van der Waals surface area contributed by atoms with Crippen molar-refractivity contribution < 1.29 is 9.53 Å².